The molecule has 1 saturated heterocycles. The molecular weight excluding hydrogens is 296 g/mol. The second-order valence-corrected chi connectivity index (χ2v) is 5.59. The summed E-state index contributed by atoms with van der Waals surface area (Å²) in [5.41, 5.74) is 0. The van der Waals surface area contributed by atoms with Gasteiger partial charge in [0.2, 0.25) is 0 Å². The van der Waals surface area contributed by atoms with E-state index in [-0.39, 0.29) is 0 Å². The highest BCUT2D eigenvalue weighted by Crippen LogP contribution is 2.23. The lowest BCUT2D eigenvalue weighted by molar-refractivity contribution is 0.300. The van der Waals surface area contributed by atoms with Crippen molar-refractivity contribution in [3.8, 4) is 0 Å². The van der Waals surface area contributed by atoms with Gasteiger partial charge in [-0.05, 0) is 22.4 Å². The van der Waals surface area contributed by atoms with E-state index in [1.165, 1.54) is 0 Å². The van der Waals surface area contributed by atoms with E-state index >= 15 is 0 Å². The average Bonchev–Trinajstić information content (AvgIpc) is 3.03. The van der Waals surface area contributed by atoms with E-state index in [2.05, 4.69) is 36.1 Å². The molecule has 18 heavy (non-hydrogen) atoms. The number of likely N-dealkylation sites (tertiary alicyclic amines) is 1. The van der Waals surface area contributed by atoms with Crippen molar-refractivity contribution in [3.05, 3.63) is 29.0 Å². The van der Waals surface area contributed by atoms with Crippen molar-refractivity contribution in [2.45, 2.75) is 19.0 Å². The van der Waals surface area contributed by atoms with Crippen molar-refractivity contribution in [2.24, 2.45) is 7.05 Å². The maximum Gasteiger partial charge on any atom is 0.146 e. The van der Waals surface area contributed by atoms with E-state index in [1.54, 1.807) is 6.33 Å². The Morgan fingerprint density at radius 3 is 3.06 bits per heavy atom. The van der Waals surface area contributed by atoms with Gasteiger partial charge >= 0.3 is 0 Å². The van der Waals surface area contributed by atoms with Gasteiger partial charge in [-0.15, -0.1) is 10.2 Å². The molecule has 1 aliphatic heterocycles. The standard InChI is InChI=1S/C11H15BrN6/c1-16-8-13-15-11(16)7-17-3-2-10(6-17)18-5-9(12)4-14-18/h4-5,8,10H,2-3,6-7H2,1H3. The van der Waals surface area contributed by atoms with Gasteiger partial charge in [-0.2, -0.15) is 5.10 Å². The summed E-state index contributed by atoms with van der Waals surface area (Å²) in [4.78, 5) is 2.39. The Kier molecular flexibility index (Phi) is 3.17. The van der Waals surface area contributed by atoms with Gasteiger partial charge in [-0.25, -0.2) is 0 Å². The molecular formula is C11H15BrN6. The fourth-order valence-electron chi connectivity index (χ4n) is 2.34. The minimum absolute atomic E-state index is 0.463. The summed E-state index contributed by atoms with van der Waals surface area (Å²) in [5.74, 6) is 1.01. The molecule has 3 heterocycles. The van der Waals surface area contributed by atoms with Gasteiger partial charge in [0.25, 0.3) is 0 Å². The van der Waals surface area contributed by atoms with Gasteiger partial charge in [0.15, 0.2) is 0 Å². The highest BCUT2D eigenvalue weighted by molar-refractivity contribution is 9.10. The molecule has 0 aromatic carbocycles. The lowest BCUT2D eigenvalue weighted by Gasteiger charge is -2.15. The van der Waals surface area contributed by atoms with E-state index in [0.717, 1.165) is 36.4 Å². The summed E-state index contributed by atoms with van der Waals surface area (Å²) in [6.45, 7) is 2.95. The zero-order chi connectivity index (χ0) is 12.5. The molecule has 2 aromatic rings. The van der Waals surface area contributed by atoms with Gasteiger partial charge in [-0.1, -0.05) is 0 Å². The first kappa shape index (κ1) is 11.9. The van der Waals surface area contributed by atoms with Crippen LogP contribution in [-0.4, -0.2) is 42.5 Å². The van der Waals surface area contributed by atoms with E-state index in [9.17, 15) is 0 Å². The van der Waals surface area contributed by atoms with Crippen LogP contribution in [0.4, 0.5) is 0 Å². The zero-order valence-corrected chi connectivity index (χ0v) is 11.8. The van der Waals surface area contributed by atoms with Crippen LogP contribution in [0.25, 0.3) is 0 Å². The Balaban J connectivity index is 1.63. The fraction of sp³-hybridized carbons (Fsp3) is 0.545. The Morgan fingerprint density at radius 2 is 2.39 bits per heavy atom. The zero-order valence-electron chi connectivity index (χ0n) is 10.2. The highest BCUT2D eigenvalue weighted by Gasteiger charge is 2.25. The van der Waals surface area contributed by atoms with Crippen molar-refractivity contribution >= 4 is 15.9 Å². The predicted octanol–water partition coefficient (Wildman–Crippen LogP) is 1.22. The number of hydrogen-bond acceptors (Lipinski definition) is 4. The number of rotatable bonds is 3. The first-order valence-corrected chi connectivity index (χ1v) is 6.76. The molecule has 0 amide bonds. The highest BCUT2D eigenvalue weighted by atomic mass is 79.9. The molecule has 1 unspecified atom stereocenters. The largest absolute Gasteiger partial charge is 0.320 e. The van der Waals surface area contributed by atoms with Gasteiger partial charge in [-0.3, -0.25) is 9.58 Å². The molecule has 3 rings (SSSR count). The van der Waals surface area contributed by atoms with Crippen molar-refractivity contribution in [1.29, 1.82) is 0 Å². The molecule has 0 aliphatic carbocycles. The van der Waals surface area contributed by atoms with Gasteiger partial charge < -0.3 is 4.57 Å². The van der Waals surface area contributed by atoms with E-state index in [0.29, 0.717) is 6.04 Å². The van der Waals surface area contributed by atoms with Crippen molar-refractivity contribution < 1.29 is 0 Å². The van der Waals surface area contributed by atoms with Crippen LogP contribution in [0.5, 0.6) is 0 Å². The van der Waals surface area contributed by atoms with Crippen LogP contribution in [0, 0.1) is 0 Å². The quantitative estimate of drug-likeness (QED) is 0.855. The van der Waals surface area contributed by atoms with Crippen LogP contribution in [0.1, 0.15) is 18.3 Å². The minimum atomic E-state index is 0.463. The minimum Gasteiger partial charge on any atom is -0.320 e. The summed E-state index contributed by atoms with van der Waals surface area (Å²) in [7, 11) is 1.98. The molecule has 1 fully saturated rings. The smallest absolute Gasteiger partial charge is 0.146 e. The molecule has 1 aliphatic rings. The monoisotopic (exact) mass is 310 g/mol. The predicted molar refractivity (Wildman–Crippen MR) is 69.9 cm³/mol. The van der Waals surface area contributed by atoms with Crippen molar-refractivity contribution in [3.63, 3.8) is 0 Å². The molecule has 0 N–H and O–H groups in total. The Morgan fingerprint density at radius 1 is 1.50 bits per heavy atom. The third kappa shape index (κ3) is 2.32. The number of hydrogen-bond donors (Lipinski definition) is 0. The fourth-order valence-corrected chi connectivity index (χ4v) is 2.64. The van der Waals surface area contributed by atoms with Gasteiger partial charge in [0.1, 0.15) is 12.2 Å². The first-order valence-electron chi connectivity index (χ1n) is 5.97. The summed E-state index contributed by atoms with van der Waals surface area (Å²) in [5, 5.41) is 12.4. The maximum absolute atomic E-state index is 4.36. The SMILES string of the molecule is Cn1cnnc1CN1CCC(n2cc(Br)cn2)C1. The summed E-state index contributed by atoms with van der Waals surface area (Å²) >= 11 is 3.43. The van der Waals surface area contributed by atoms with E-state index in [4.69, 9.17) is 0 Å². The second kappa shape index (κ2) is 4.81. The number of aromatic nitrogens is 5. The Hall–Kier alpha value is -1.21. The average molecular weight is 311 g/mol. The Labute approximate surface area is 114 Å². The first-order chi connectivity index (χ1) is 8.72. The van der Waals surface area contributed by atoms with Crippen LogP contribution in [0.2, 0.25) is 0 Å². The third-order valence-electron chi connectivity index (χ3n) is 3.36. The van der Waals surface area contributed by atoms with E-state index < -0.39 is 0 Å². The van der Waals surface area contributed by atoms with Crippen LogP contribution >= 0.6 is 15.9 Å². The lowest BCUT2D eigenvalue weighted by Crippen LogP contribution is -2.23. The summed E-state index contributed by atoms with van der Waals surface area (Å²) < 4.78 is 5.05. The number of halogens is 1. The molecule has 6 nitrogen and oxygen atoms in total. The summed E-state index contributed by atoms with van der Waals surface area (Å²) in [6.07, 6.45) is 6.75. The molecule has 0 bridgehead atoms. The summed E-state index contributed by atoms with van der Waals surface area (Å²) in [6, 6.07) is 0.463. The van der Waals surface area contributed by atoms with Crippen LogP contribution < -0.4 is 0 Å². The molecule has 7 heteroatoms. The molecule has 1 atom stereocenters. The maximum atomic E-state index is 4.36. The van der Waals surface area contributed by atoms with Gasteiger partial charge in [0.05, 0.1) is 23.3 Å². The lowest BCUT2D eigenvalue weighted by atomic mass is 10.3. The molecule has 96 valence electrons. The third-order valence-corrected chi connectivity index (χ3v) is 3.77. The molecule has 0 radical (unpaired) electrons. The molecule has 0 spiro atoms. The molecule has 2 aromatic heterocycles. The second-order valence-electron chi connectivity index (χ2n) is 4.67. The molecule has 0 saturated carbocycles. The number of nitrogens with zero attached hydrogens (tertiary/aromatic N) is 6. The van der Waals surface area contributed by atoms with Gasteiger partial charge in [0, 0.05) is 26.3 Å². The number of aryl methyl sites for hydroxylation is 1. The normalized spacial score (nSPS) is 20.7. The van der Waals surface area contributed by atoms with Crippen LogP contribution in [0.3, 0.4) is 0 Å². The Bertz CT molecular complexity index is 533. The van der Waals surface area contributed by atoms with E-state index in [1.807, 2.05) is 28.7 Å². The van der Waals surface area contributed by atoms with Crippen LogP contribution in [-0.2, 0) is 13.6 Å². The topological polar surface area (TPSA) is 51.8 Å². The van der Waals surface area contributed by atoms with Crippen molar-refractivity contribution in [1.82, 2.24) is 29.4 Å². The van der Waals surface area contributed by atoms with Crippen LogP contribution in [0.15, 0.2) is 23.2 Å². The van der Waals surface area contributed by atoms with Crippen molar-refractivity contribution in [2.75, 3.05) is 13.1 Å².